The Hall–Kier alpha value is -3.90. The van der Waals surface area contributed by atoms with Gasteiger partial charge in [0, 0.05) is 6.92 Å². The maximum Gasteiger partial charge on any atom is 0.408 e. The van der Waals surface area contributed by atoms with Crippen molar-refractivity contribution in [1.82, 2.24) is 16.0 Å². The van der Waals surface area contributed by atoms with Crippen molar-refractivity contribution in [3.63, 3.8) is 0 Å². The minimum absolute atomic E-state index is 0.328. The molecule has 1 unspecified atom stereocenters. The summed E-state index contributed by atoms with van der Waals surface area (Å²) in [6, 6.07) is -1.32. The van der Waals surface area contributed by atoms with Crippen molar-refractivity contribution in [2.24, 2.45) is 0 Å². The van der Waals surface area contributed by atoms with Crippen molar-refractivity contribution in [2.75, 3.05) is 13.7 Å². The third-order valence-electron chi connectivity index (χ3n) is 4.97. The van der Waals surface area contributed by atoms with Crippen LogP contribution in [0.15, 0.2) is 25.3 Å². The lowest BCUT2D eigenvalue weighted by molar-refractivity contribution is -0.156. The van der Waals surface area contributed by atoms with Gasteiger partial charge in [-0.1, -0.05) is 12.2 Å². The first-order chi connectivity index (χ1) is 19.9. The van der Waals surface area contributed by atoms with Gasteiger partial charge in [-0.05, 0) is 80.1 Å². The van der Waals surface area contributed by atoms with Gasteiger partial charge in [0.2, 0.25) is 0 Å². The quantitative estimate of drug-likeness (QED) is 0.0761. The molecule has 0 saturated carbocycles. The number of unbranched alkanes of at least 4 members (excludes halogenated alkanes) is 2. The van der Waals surface area contributed by atoms with Gasteiger partial charge in [0.25, 0.3) is 5.91 Å². The highest BCUT2D eigenvalue weighted by Gasteiger charge is 2.33. The monoisotopic (exact) mass is 613 g/mol. The molecule has 0 aliphatic heterocycles. The Morgan fingerprint density at radius 3 is 1.72 bits per heavy atom. The maximum atomic E-state index is 12.4. The molecular formula is C30H51N3O10. The Bertz CT molecular complexity index is 922. The number of esters is 2. The van der Waals surface area contributed by atoms with E-state index in [2.05, 4.69) is 33.8 Å². The van der Waals surface area contributed by atoms with Crippen LogP contribution < -0.4 is 16.0 Å². The molecule has 3 atom stereocenters. The van der Waals surface area contributed by atoms with Gasteiger partial charge in [-0.2, -0.15) is 0 Å². The van der Waals surface area contributed by atoms with Crippen molar-refractivity contribution in [1.29, 1.82) is 0 Å². The summed E-state index contributed by atoms with van der Waals surface area (Å²) in [5.41, 5.74) is -1.28. The molecule has 0 spiro atoms. The van der Waals surface area contributed by atoms with Gasteiger partial charge >= 0.3 is 24.1 Å². The summed E-state index contributed by atoms with van der Waals surface area (Å²) >= 11 is 0. The molecule has 246 valence electrons. The van der Waals surface area contributed by atoms with Gasteiger partial charge in [0.15, 0.2) is 6.10 Å². The molecule has 0 aliphatic carbocycles. The Morgan fingerprint density at radius 1 is 0.814 bits per heavy atom. The smallest absolute Gasteiger partial charge is 0.408 e. The maximum absolute atomic E-state index is 12.4. The van der Waals surface area contributed by atoms with Crippen LogP contribution in [0.5, 0.6) is 0 Å². The zero-order valence-electron chi connectivity index (χ0n) is 26.9. The first-order valence-electron chi connectivity index (χ1n) is 14.1. The van der Waals surface area contributed by atoms with Crippen LogP contribution in [0, 0.1) is 0 Å². The first kappa shape index (κ1) is 41.2. The third kappa shape index (κ3) is 24.4. The lowest BCUT2D eigenvalue weighted by Crippen LogP contribution is -2.53. The molecule has 0 heterocycles. The van der Waals surface area contributed by atoms with Gasteiger partial charge in [-0.25, -0.2) is 9.59 Å². The highest BCUT2D eigenvalue weighted by molar-refractivity contribution is 5.87. The summed E-state index contributed by atoms with van der Waals surface area (Å²) in [4.78, 5) is 69.3. The second-order valence-corrected chi connectivity index (χ2v) is 11.4. The van der Waals surface area contributed by atoms with Crippen molar-refractivity contribution >= 4 is 36.3 Å². The Labute approximate surface area is 255 Å². The van der Waals surface area contributed by atoms with Crippen LogP contribution in [-0.4, -0.2) is 79.4 Å². The summed E-state index contributed by atoms with van der Waals surface area (Å²) in [6.45, 7) is 18.4. The van der Waals surface area contributed by atoms with E-state index in [-0.39, 0.29) is 6.54 Å². The molecule has 3 amide bonds. The fourth-order valence-corrected chi connectivity index (χ4v) is 3.18. The largest absolute Gasteiger partial charge is 0.468 e. The number of hydrogen-bond donors (Lipinski definition) is 3. The first-order valence-corrected chi connectivity index (χ1v) is 14.1. The van der Waals surface area contributed by atoms with Crippen LogP contribution in [0.25, 0.3) is 0 Å². The number of amides is 3. The molecule has 3 N–H and O–H groups in total. The fourth-order valence-electron chi connectivity index (χ4n) is 3.18. The minimum atomic E-state index is -1.33. The lowest BCUT2D eigenvalue weighted by Gasteiger charge is -2.28. The van der Waals surface area contributed by atoms with E-state index >= 15 is 0 Å². The van der Waals surface area contributed by atoms with Crippen molar-refractivity contribution < 1.29 is 47.7 Å². The molecule has 0 aromatic rings. The average Bonchev–Trinajstić information content (AvgIpc) is 2.87. The highest BCUT2D eigenvalue weighted by Crippen LogP contribution is 2.13. The number of rotatable bonds is 16. The van der Waals surface area contributed by atoms with Crippen LogP contribution >= 0.6 is 0 Å². The van der Waals surface area contributed by atoms with Gasteiger partial charge in [-0.3, -0.25) is 14.4 Å². The molecule has 0 saturated heterocycles. The summed E-state index contributed by atoms with van der Waals surface area (Å²) in [5, 5.41) is 7.42. The normalized spacial score (nSPS) is 12.8. The van der Waals surface area contributed by atoms with Crippen LogP contribution in [0.1, 0.15) is 87.0 Å². The number of allylic oxidation sites excluding steroid dienone is 2. The zero-order chi connectivity index (χ0) is 33.6. The van der Waals surface area contributed by atoms with E-state index in [1.807, 2.05) is 0 Å². The molecule has 0 radical (unpaired) electrons. The van der Waals surface area contributed by atoms with Crippen LogP contribution in [0.2, 0.25) is 0 Å². The van der Waals surface area contributed by atoms with Crippen molar-refractivity contribution in [3.05, 3.63) is 25.3 Å². The standard InChI is InChI=1S/C18H30N2O7.C12H21NO3/c1-7-8-9-10-13(20-17(24)27-18(3,4)5)15(26-12(2)21)16(23)19-11-14(22)25-6;1-5-6-7-8-10(9-14)13-11(15)16-12(2,3)4/h7,13,15H,1,8-11H2,2-6H3,(H,19,23)(H,20,24);5,9-10H,1,6-8H2,2-4H3,(H,13,15)/t13-,15?;10-/m00/s1. The molecule has 0 aromatic heterocycles. The van der Waals surface area contributed by atoms with Crippen molar-refractivity contribution in [2.45, 2.75) is 116 Å². The average molecular weight is 614 g/mol. The van der Waals surface area contributed by atoms with Crippen molar-refractivity contribution in [3.8, 4) is 0 Å². The number of hydrogen-bond acceptors (Lipinski definition) is 10. The van der Waals surface area contributed by atoms with Gasteiger partial charge in [0.05, 0.1) is 19.2 Å². The number of carbonyl (C=O) groups is 6. The molecular weight excluding hydrogens is 562 g/mol. The Morgan fingerprint density at radius 2 is 1.30 bits per heavy atom. The predicted octanol–water partition coefficient (Wildman–Crippen LogP) is 3.89. The highest BCUT2D eigenvalue weighted by atomic mass is 16.6. The predicted molar refractivity (Wildman–Crippen MR) is 161 cm³/mol. The minimum Gasteiger partial charge on any atom is -0.468 e. The summed E-state index contributed by atoms with van der Waals surface area (Å²) in [7, 11) is 1.18. The topological polar surface area (TPSA) is 175 Å². The second-order valence-electron chi connectivity index (χ2n) is 11.4. The molecule has 43 heavy (non-hydrogen) atoms. The number of aldehydes is 1. The molecule has 0 rings (SSSR count). The molecule has 0 aromatic carbocycles. The number of carbonyl (C=O) groups excluding carboxylic acids is 6. The van der Waals surface area contributed by atoms with Gasteiger partial charge in [-0.15, -0.1) is 13.2 Å². The molecule has 0 aliphatic rings. The number of methoxy groups -OCH3 is 1. The van der Waals surface area contributed by atoms with Gasteiger partial charge in [0.1, 0.15) is 24.0 Å². The van der Waals surface area contributed by atoms with E-state index in [4.69, 9.17) is 14.2 Å². The fraction of sp³-hybridized carbons (Fsp3) is 0.667. The van der Waals surface area contributed by atoms with Crippen LogP contribution in [-0.2, 0) is 38.1 Å². The molecule has 0 bridgehead atoms. The van der Waals surface area contributed by atoms with E-state index in [1.165, 1.54) is 7.11 Å². The van der Waals surface area contributed by atoms with Crippen LogP contribution in [0.3, 0.4) is 0 Å². The molecule has 13 nitrogen and oxygen atoms in total. The molecule has 13 heteroatoms. The van der Waals surface area contributed by atoms with E-state index in [9.17, 15) is 28.8 Å². The van der Waals surface area contributed by atoms with Crippen LogP contribution in [0.4, 0.5) is 9.59 Å². The number of nitrogens with one attached hydrogen (secondary N) is 3. The SMILES string of the molecule is C=CCCC[C@@H](C=O)NC(=O)OC(C)(C)C.C=CCCC[C@H](NC(=O)OC(C)(C)C)C(OC(C)=O)C(=O)NCC(=O)OC. The number of ether oxygens (including phenoxy) is 4. The van der Waals surface area contributed by atoms with E-state index in [1.54, 1.807) is 53.7 Å². The van der Waals surface area contributed by atoms with E-state index < -0.39 is 59.4 Å². The lowest BCUT2D eigenvalue weighted by atomic mass is 10.0. The third-order valence-corrected chi connectivity index (χ3v) is 4.97. The Balaban J connectivity index is 0. The van der Waals surface area contributed by atoms with E-state index in [0.717, 1.165) is 26.1 Å². The van der Waals surface area contributed by atoms with E-state index in [0.29, 0.717) is 25.7 Å². The van der Waals surface area contributed by atoms with Gasteiger partial charge < -0.3 is 39.7 Å². The second kappa shape index (κ2) is 21.8. The summed E-state index contributed by atoms with van der Waals surface area (Å²) in [6.07, 6.45) is 5.41. The summed E-state index contributed by atoms with van der Waals surface area (Å²) in [5.74, 6) is -2.09. The zero-order valence-corrected chi connectivity index (χ0v) is 26.9. The summed E-state index contributed by atoms with van der Waals surface area (Å²) < 4.78 is 19.8. The molecule has 0 fully saturated rings. The number of alkyl carbamates (subject to hydrolysis) is 2. The Kier molecular flexibility index (Phi) is 20.9.